The first-order chi connectivity index (χ1) is 9.82. The van der Waals surface area contributed by atoms with Gasteiger partial charge in [0.1, 0.15) is 11.4 Å². The van der Waals surface area contributed by atoms with E-state index in [9.17, 15) is 13.2 Å². The van der Waals surface area contributed by atoms with Gasteiger partial charge < -0.3 is 9.84 Å². The molecule has 7 nitrogen and oxygen atoms in total. The van der Waals surface area contributed by atoms with Crippen LogP contribution in [0.2, 0.25) is 5.02 Å². The van der Waals surface area contributed by atoms with Crippen LogP contribution in [0.1, 0.15) is 5.56 Å². The lowest BCUT2D eigenvalue weighted by molar-refractivity contribution is -0.137. The number of sulfonamides is 1. The summed E-state index contributed by atoms with van der Waals surface area (Å²) in [5, 5.41) is 17.6. The SMILES string of the molecule is COCCN(CC(=O)O)S(=O)(=O)c1cc(C#N)ccc1Cl. The Kier molecular flexibility index (Phi) is 6.11. The Morgan fingerprint density at radius 3 is 2.71 bits per heavy atom. The molecule has 1 rings (SSSR count). The second kappa shape index (κ2) is 7.38. The molecule has 0 aliphatic carbocycles. The summed E-state index contributed by atoms with van der Waals surface area (Å²) in [7, 11) is -2.77. The lowest BCUT2D eigenvalue weighted by Gasteiger charge is -2.20. The molecule has 1 aromatic carbocycles. The van der Waals surface area contributed by atoms with Gasteiger partial charge in [-0.05, 0) is 18.2 Å². The molecule has 0 saturated carbocycles. The minimum absolute atomic E-state index is 0.0298. The molecule has 0 saturated heterocycles. The van der Waals surface area contributed by atoms with Gasteiger partial charge in [-0.3, -0.25) is 4.79 Å². The topological polar surface area (TPSA) is 108 Å². The van der Waals surface area contributed by atoms with E-state index in [0.29, 0.717) is 0 Å². The summed E-state index contributed by atoms with van der Waals surface area (Å²) in [6, 6.07) is 5.57. The molecule has 0 heterocycles. The number of benzene rings is 1. The monoisotopic (exact) mass is 332 g/mol. The van der Waals surface area contributed by atoms with Crippen LogP contribution in [0.5, 0.6) is 0 Å². The van der Waals surface area contributed by atoms with Crippen LogP contribution < -0.4 is 0 Å². The third-order valence-electron chi connectivity index (χ3n) is 2.53. The average Bonchev–Trinajstić information content (AvgIpc) is 2.43. The minimum atomic E-state index is -4.14. The molecule has 21 heavy (non-hydrogen) atoms. The van der Waals surface area contributed by atoms with Crippen molar-refractivity contribution >= 4 is 27.6 Å². The first-order valence-electron chi connectivity index (χ1n) is 5.73. The van der Waals surface area contributed by atoms with E-state index in [2.05, 4.69) is 0 Å². The van der Waals surface area contributed by atoms with Gasteiger partial charge in [0, 0.05) is 13.7 Å². The fourth-order valence-corrected chi connectivity index (χ4v) is 3.41. The molecule has 9 heteroatoms. The second-order valence-electron chi connectivity index (χ2n) is 3.98. The van der Waals surface area contributed by atoms with Crippen LogP contribution in [0, 0.1) is 11.3 Å². The van der Waals surface area contributed by atoms with Crippen LogP contribution in [-0.4, -0.2) is 50.6 Å². The summed E-state index contributed by atoms with van der Waals surface area (Å²) in [5.74, 6) is -1.30. The Balaban J connectivity index is 3.27. The van der Waals surface area contributed by atoms with Crippen LogP contribution in [0.3, 0.4) is 0 Å². The molecule has 0 radical (unpaired) electrons. The molecule has 0 amide bonds. The molecule has 1 N–H and O–H groups in total. The highest BCUT2D eigenvalue weighted by Crippen LogP contribution is 2.25. The summed E-state index contributed by atoms with van der Waals surface area (Å²) < 4.78 is 30.5. The second-order valence-corrected chi connectivity index (χ2v) is 6.30. The Labute approximate surface area is 127 Å². The molecular formula is C12H13ClN2O5S. The normalized spacial score (nSPS) is 11.3. The third kappa shape index (κ3) is 4.41. The van der Waals surface area contributed by atoms with E-state index < -0.39 is 22.5 Å². The van der Waals surface area contributed by atoms with Gasteiger partial charge >= 0.3 is 5.97 Å². The van der Waals surface area contributed by atoms with Crippen molar-refractivity contribution in [2.45, 2.75) is 4.90 Å². The molecule has 1 aromatic rings. The molecule has 114 valence electrons. The van der Waals surface area contributed by atoms with Gasteiger partial charge in [-0.15, -0.1) is 0 Å². The van der Waals surface area contributed by atoms with Crippen molar-refractivity contribution in [1.82, 2.24) is 4.31 Å². The zero-order valence-corrected chi connectivity index (χ0v) is 12.7. The van der Waals surface area contributed by atoms with Crippen LogP contribution >= 0.6 is 11.6 Å². The predicted molar refractivity (Wildman–Crippen MR) is 74.4 cm³/mol. The van der Waals surface area contributed by atoms with Gasteiger partial charge in [0.25, 0.3) is 0 Å². The Morgan fingerprint density at radius 1 is 1.52 bits per heavy atom. The molecule has 0 aliphatic heterocycles. The summed E-state index contributed by atoms with van der Waals surface area (Å²) in [6.45, 7) is -0.834. The first kappa shape index (κ1) is 17.4. The van der Waals surface area contributed by atoms with E-state index in [-0.39, 0.29) is 28.6 Å². The largest absolute Gasteiger partial charge is 0.480 e. The highest BCUT2D eigenvalue weighted by atomic mass is 35.5. The highest BCUT2D eigenvalue weighted by molar-refractivity contribution is 7.89. The number of halogens is 1. The van der Waals surface area contributed by atoms with E-state index >= 15 is 0 Å². The Bertz CT molecular complexity index is 669. The molecule has 0 spiro atoms. The van der Waals surface area contributed by atoms with Crippen LogP contribution in [-0.2, 0) is 19.6 Å². The van der Waals surface area contributed by atoms with E-state index in [1.54, 1.807) is 6.07 Å². The van der Waals surface area contributed by atoms with Gasteiger partial charge in [-0.1, -0.05) is 11.6 Å². The Hall–Kier alpha value is -1.66. The molecule has 0 unspecified atom stereocenters. The minimum Gasteiger partial charge on any atom is -0.480 e. The quantitative estimate of drug-likeness (QED) is 0.796. The number of carbonyl (C=O) groups is 1. The smallest absolute Gasteiger partial charge is 0.318 e. The van der Waals surface area contributed by atoms with Crippen molar-refractivity contribution in [3.8, 4) is 6.07 Å². The highest BCUT2D eigenvalue weighted by Gasteiger charge is 2.28. The predicted octanol–water partition coefficient (Wildman–Crippen LogP) is 0.933. The van der Waals surface area contributed by atoms with Gasteiger partial charge in [-0.2, -0.15) is 9.57 Å². The Morgan fingerprint density at radius 2 is 2.19 bits per heavy atom. The maximum atomic E-state index is 12.5. The van der Waals surface area contributed by atoms with E-state index in [1.807, 2.05) is 0 Å². The maximum Gasteiger partial charge on any atom is 0.318 e. The van der Waals surface area contributed by atoms with Gasteiger partial charge in [0.15, 0.2) is 0 Å². The van der Waals surface area contributed by atoms with Crippen molar-refractivity contribution in [1.29, 1.82) is 5.26 Å². The van der Waals surface area contributed by atoms with E-state index in [4.69, 9.17) is 26.7 Å². The van der Waals surface area contributed by atoms with E-state index in [0.717, 1.165) is 10.4 Å². The van der Waals surface area contributed by atoms with Crippen LogP contribution in [0.15, 0.2) is 23.1 Å². The lowest BCUT2D eigenvalue weighted by atomic mass is 10.2. The molecule has 0 aliphatic rings. The number of ether oxygens (including phenoxy) is 1. The summed E-state index contributed by atoms with van der Waals surface area (Å²) >= 11 is 5.86. The van der Waals surface area contributed by atoms with Crippen molar-refractivity contribution in [2.24, 2.45) is 0 Å². The van der Waals surface area contributed by atoms with Crippen LogP contribution in [0.25, 0.3) is 0 Å². The fraction of sp³-hybridized carbons (Fsp3) is 0.333. The number of nitriles is 1. The number of hydrogen-bond acceptors (Lipinski definition) is 5. The van der Waals surface area contributed by atoms with Crippen LogP contribution in [0.4, 0.5) is 0 Å². The summed E-state index contributed by atoms with van der Waals surface area (Å²) in [4.78, 5) is 10.5. The lowest BCUT2D eigenvalue weighted by Crippen LogP contribution is -2.38. The number of methoxy groups -OCH3 is 1. The summed E-state index contributed by atoms with van der Waals surface area (Å²) in [6.07, 6.45) is 0. The fourth-order valence-electron chi connectivity index (χ4n) is 1.54. The zero-order valence-electron chi connectivity index (χ0n) is 11.1. The third-order valence-corrected chi connectivity index (χ3v) is 4.86. The number of nitrogens with zero attached hydrogens (tertiary/aromatic N) is 2. The number of carboxylic acids is 1. The van der Waals surface area contributed by atoms with Gasteiger partial charge in [-0.25, -0.2) is 8.42 Å². The molecular weight excluding hydrogens is 320 g/mol. The van der Waals surface area contributed by atoms with Crippen molar-refractivity contribution in [2.75, 3.05) is 26.8 Å². The molecule has 0 aromatic heterocycles. The number of rotatable bonds is 7. The molecule has 0 fully saturated rings. The number of aliphatic carboxylic acids is 1. The molecule has 0 atom stereocenters. The average molecular weight is 333 g/mol. The van der Waals surface area contributed by atoms with Crippen molar-refractivity contribution in [3.63, 3.8) is 0 Å². The number of hydrogen-bond donors (Lipinski definition) is 1. The van der Waals surface area contributed by atoms with Crippen molar-refractivity contribution < 1.29 is 23.1 Å². The van der Waals surface area contributed by atoms with Crippen molar-refractivity contribution in [3.05, 3.63) is 28.8 Å². The summed E-state index contributed by atoms with van der Waals surface area (Å²) in [5.41, 5.74) is 0.111. The standard InChI is InChI=1S/C12H13ClN2O5S/c1-20-5-4-15(8-12(16)17)21(18,19)11-6-9(7-14)2-3-10(11)13/h2-3,6H,4-5,8H2,1H3,(H,16,17). The zero-order chi connectivity index (χ0) is 16.0. The van der Waals surface area contributed by atoms with E-state index in [1.165, 1.54) is 19.2 Å². The molecule has 0 bridgehead atoms. The maximum absolute atomic E-state index is 12.5. The van der Waals surface area contributed by atoms with Gasteiger partial charge in [0.05, 0.1) is 23.3 Å². The number of carboxylic acid groups (broad SMARTS) is 1. The van der Waals surface area contributed by atoms with Gasteiger partial charge in [0.2, 0.25) is 10.0 Å². The first-order valence-corrected chi connectivity index (χ1v) is 7.55.